The molecule has 0 amide bonds. The summed E-state index contributed by atoms with van der Waals surface area (Å²) in [7, 11) is 0.755. The van der Waals surface area contributed by atoms with Crippen molar-refractivity contribution in [3.05, 3.63) is 18.2 Å². The standard InChI is InChI=1S/C13H19N5O2S/c1-9(4-5-21(3)19)18-13(15-16-17-18)10-6-11(14)8-12(7-10)20-2/h6-9H,4-5,14H2,1-3H3. The molecular weight excluding hydrogens is 290 g/mol. The summed E-state index contributed by atoms with van der Waals surface area (Å²) in [6.07, 6.45) is 2.43. The molecule has 0 fully saturated rings. The summed E-state index contributed by atoms with van der Waals surface area (Å²) in [5.41, 5.74) is 7.24. The zero-order valence-corrected chi connectivity index (χ0v) is 13.1. The number of anilines is 1. The number of hydrogen-bond donors (Lipinski definition) is 1. The molecule has 0 saturated carbocycles. The van der Waals surface area contributed by atoms with Crippen LogP contribution in [-0.4, -0.2) is 43.5 Å². The molecule has 114 valence electrons. The van der Waals surface area contributed by atoms with Gasteiger partial charge < -0.3 is 10.5 Å². The van der Waals surface area contributed by atoms with Gasteiger partial charge in [0.1, 0.15) is 5.75 Å². The van der Waals surface area contributed by atoms with E-state index in [1.165, 1.54) is 0 Å². The third-order valence-electron chi connectivity index (χ3n) is 3.16. The van der Waals surface area contributed by atoms with E-state index in [1.54, 1.807) is 30.2 Å². The van der Waals surface area contributed by atoms with E-state index >= 15 is 0 Å². The Labute approximate surface area is 125 Å². The lowest BCUT2D eigenvalue weighted by Crippen LogP contribution is -2.12. The van der Waals surface area contributed by atoms with Crippen molar-refractivity contribution in [1.29, 1.82) is 0 Å². The van der Waals surface area contributed by atoms with Gasteiger partial charge in [0.05, 0.1) is 13.2 Å². The zero-order valence-electron chi connectivity index (χ0n) is 12.3. The van der Waals surface area contributed by atoms with E-state index in [4.69, 9.17) is 10.5 Å². The van der Waals surface area contributed by atoms with Crippen molar-refractivity contribution >= 4 is 16.5 Å². The maximum absolute atomic E-state index is 11.2. The third kappa shape index (κ3) is 3.78. The molecule has 0 aliphatic heterocycles. The second kappa shape index (κ2) is 6.66. The van der Waals surface area contributed by atoms with Crippen LogP contribution in [0.25, 0.3) is 11.4 Å². The molecule has 0 saturated heterocycles. The summed E-state index contributed by atoms with van der Waals surface area (Å²) in [6, 6.07) is 5.42. The topological polar surface area (TPSA) is 95.9 Å². The van der Waals surface area contributed by atoms with Crippen molar-refractivity contribution in [3.8, 4) is 17.1 Å². The van der Waals surface area contributed by atoms with Gasteiger partial charge >= 0.3 is 0 Å². The number of tetrazole rings is 1. The molecule has 0 aliphatic carbocycles. The van der Waals surface area contributed by atoms with Crippen LogP contribution in [0.4, 0.5) is 5.69 Å². The highest BCUT2D eigenvalue weighted by Gasteiger charge is 2.16. The van der Waals surface area contributed by atoms with Gasteiger partial charge in [-0.05, 0) is 35.9 Å². The van der Waals surface area contributed by atoms with E-state index in [-0.39, 0.29) is 6.04 Å². The second-order valence-corrected chi connectivity index (χ2v) is 6.41. The molecule has 2 aromatic rings. The monoisotopic (exact) mass is 309 g/mol. The largest absolute Gasteiger partial charge is 0.497 e. The fourth-order valence-electron chi connectivity index (χ4n) is 2.01. The van der Waals surface area contributed by atoms with Gasteiger partial charge in [0.25, 0.3) is 0 Å². The fraction of sp³-hybridized carbons (Fsp3) is 0.462. The van der Waals surface area contributed by atoms with Crippen molar-refractivity contribution in [2.45, 2.75) is 19.4 Å². The Kier molecular flexibility index (Phi) is 4.89. The van der Waals surface area contributed by atoms with Crippen molar-refractivity contribution in [1.82, 2.24) is 20.2 Å². The van der Waals surface area contributed by atoms with E-state index in [1.807, 2.05) is 13.0 Å². The van der Waals surface area contributed by atoms with Crippen LogP contribution in [-0.2, 0) is 10.8 Å². The Morgan fingerprint density at radius 2 is 2.19 bits per heavy atom. The minimum Gasteiger partial charge on any atom is -0.497 e. The lowest BCUT2D eigenvalue weighted by atomic mass is 10.1. The quantitative estimate of drug-likeness (QED) is 0.807. The highest BCUT2D eigenvalue weighted by Crippen LogP contribution is 2.27. The molecule has 0 bridgehead atoms. The molecule has 2 N–H and O–H groups in total. The molecule has 1 heterocycles. The van der Waals surface area contributed by atoms with Crippen molar-refractivity contribution < 1.29 is 8.95 Å². The number of methoxy groups -OCH3 is 1. The molecule has 1 aromatic carbocycles. The molecule has 8 heteroatoms. The van der Waals surface area contributed by atoms with Crippen LogP contribution in [0.5, 0.6) is 5.75 Å². The Hall–Kier alpha value is -1.96. The summed E-state index contributed by atoms with van der Waals surface area (Å²) in [5, 5.41) is 11.8. The first-order valence-electron chi connectivity index (χ1n) is 6.54. The molecule has 2 unspecified atom stereocenters. The summed E-state index contributed by atoms with van der Waals surface area (Å²) >= 11 is 0. The van der Waals surface area contributed by atoms with Crippen LogP contribution in [0, 0.1) is 0 Å². The molecular formula is C13H19N5O2S. The van der Waals surface area contributed by atoms with Gasteiger partial charge in [-0.3, -0.25) is 4.21 Å². The van der Waals surface area contributed by atoms with E-state index in [0.717, 1.165) is 12.0 Å². The van der Waals surface area contributed by atoms with Crippen LogP contribution in [0.3, 0.4) is 0 Å². The smallest absolute Gasteiger partial charge is 0.182 e. The lowest BCUT2D eigenvalue weighted by molar-refractivity contribution is 0.415. The van der Waals surface area contributed by atoms with Crippen LogP contribution in [0.2, 0.25) is 0 Å². The Morgan fingerprint density at radius 1 is 1.43 bits per heavy atom. The maximum atomic E-state index is 11.2. The molecule has 0 spiro atoms. The number of nitrogens with two attached hydrogens (primary N) is 1. The maximum Gasteiger partial charge on any atom is 0.182 e. The molecule has 0 aliphatic rings. The molecule has 7 nitrogen and oxygen atoms in total. The molecule has 1 aromatic heterocycles. The molecule has 2 atom stereocenters. The third-order valence-corrected chi connectivity index (χ3v) is 3.97. The number of ether oxygens (including phenoxy) is 1. The minimum atomic E-state index is -0.830. The Balaban J connectivity index is 2.31. The average molecular weight is 309 g/mol. The SMILES string of the molecule is COc1cc(N)cc(-c2nnnn2C(C)CCS(C)=O)c1. The molecule has 2 rings (SSSR count). The highest BCUT2D eigenvalue weighted by atomic mass is 32.2. The van der Waals surface area contributed by atoms with Gasteiger partial charge in [-0.25, -0.2) is 4.68 Å². The Morgan fingerprint density at radius 3 is 2.86 bits per heavy atom. The number of nitrogens with zero attached hydrogens (tertiary/aromatic N) is 4. The summed E-state index contributed by atoms with van der Waals surface area (Å²) < 4.78 is 18.2. The summed E-state index contributed by atoms with van der Waals surface area (Å²) in [5.74, 6) is 1.89. The number of aromatic nitrogens is 4. The lowest BCUT2D eigenvalue weighted by Gasteiger charge is -2.13. The van der Waals surface area contributed by atoms with Gasteiger partial charge in [0, 0.05) is 40.1 Å². The molecule has 21 heavy (non-hydrogen) atoms. The number of nitrogen functional groups attached to an aromatic ring is 1. The number of rotatable bonds is 6. The highest BCUT2D eigenvalue weighted by molar-refractivity contribution is 7.84. The first kappa shape index (κ1) is 15.4. The fourth-order valence-corrected chi connectivity index (χ4v) is 2.68. The summed E-state index contributed by atoms with van der Waals surface area (Å²) in [6.45, 7) is 2.00. The van der Waals surface area contributed by atoms with Gasteiger partial charge in [-0.15, -0.1) is 5.10 Å². The van der Waals surface area contributed by atoms with E-state index in [0.29, 0.717) is 23.0 Å². The number of benzene rings is 1. The first-order chi connectivity index (χ1) is 10.0. The number of hydrogen-bond acceptors (Lipinski definition) is 6. The van der Waals surface area contributed by atoms with Crippen LogP contribution in [0.1, 0.15) is 19.4 Å². The van der Waals surface area contributed by atoms with Gasteiger partial charge in [-0.1, -0.05) is 0 Å². The Bertz CT molecular complexity index is 643. The predicted octanol–water partition coefficient (Wildman–Crippen LogP) is 1.26. The minimum absolute atomic E-state index is 0.0475. The average Bonchev–Trinajstić information content (AvgIpc) is 2.93. The van der Waals surface area contributed by atoms with Crippen LogP contribution in [0.15, 0.2) is 18.2 Å². The van der Waals surface area contributed by atoms with Gasteiger partial charge in [0.2, 0.25) is 0 Å². The van der Waals surface area contributed by atoms with Gasteiger partial charge in [0.15, 0.2) is 5.82 Å². The first-order valence-corrected chi connectivity index (χ1v) is 8.26. The predicted molar refractivity (Wildman–Crippen MR) is 82.5 cm³/mol. The molecule has 0 radical (unpaired) electrons. The van der Waals surface area contributed by atoms with Crippen molar-refractivity contribution in [2.24, 2.45) is 0 Å². The van der Waals surface area contributed by atoms with Crippen molar-refractivity contribution in [3.63, 3.8) is 0 Å². The summed E-state index contributed by atoms with van der Waals surface area (Å²) in [4.78, 5) is 0. The van der Waals surface area contributed by atoms with Crippen LogP contribution < -0.4 is 10.5 Å². The zero-order chi connectivity index (χ0) is 15.4. The van der Waals surface area contributed by atoms with Gasteiger partial charge in [-0.2, -0.15) is 0 Å². The van der Waals surface area contributed by atoms with E-state index < -0.39 is 10.8 Å². The van der Waals surface area contributed by atoms with E-state index in [9.17, 15) is 4.21 Å². The van der Waals surface area contributed by atoms with Crippen LogP contribution >= 0.6 is 0 Å². The normalized spacial score (nSPS) is 13.9. The van der Waals surface area contributed by atoms with E-state index in [2.05, 4.69) is 15.5 Å². The van der Waals surface area contributed by atoms with Crippen molar-refractivity contribution in [2.75, 3.05) is 24.9 Å². The second-order valence-electron chi connectivity index (χ2n) is 4.86.